The number of hydrogen-bond acceptors (Lipinski definition) is 2. The van der Waals surface area contributed by atoms with E-state index in [9.17, 15) is 4.21 Å². The number of rotatable bonds is 3. The minimum Gasteiger partial charge on any atom is -0.287 e. The van der Waals surface area contributed by atoms with E-state index in [1.165, 1.54) is 5.41 Å². The molecule has 8 heavy (non-hydrogen) atoms. The molecular weight excluding hydrogens is 124 g/mol. The fraction of sp³-hybridized carbons (Fsp3) is 0.600. The molecule has 3 heteroatoms. The second-order valence-electron chi connectivity index (χ2n) is 1.14. The van der Waals surface area contributed by atoms with Gasteiger partial charge < -0.3 is 0 Å². The van der Waals surface area contributed by atoms with Gasteiger partial charge >= 0.3 is 0 Å². The van der Waals surface area contributed by atoms with Crippen molar-refractivity contribution < 1.29 is 8.39 Å². The highest BCUT2D eigenvalue weighted by Crippen LogP contribution is 1.85. The molecule has 0 radical (unpaired) electrons. The van der Waals surface area contributed by atoms with Gasteiger partial charge in [-0.25, -0.2) is 4.21 Å². The highest BCUT2D eigenvalue weighted by Gasteiger charge is 1.85. The zero-order valence-corrected chi connectivity index (χ0v) is 5.90. The normalized spacial score (nSPS) is 14.8. The molecule has 0 aliphatic heterocycles. The van der Waals surface area contributed by atoms with Gasteiger partial charge in [0, 0.05) is 5.41 Å². The van der Waals surface area contributed by atoms with E-state index in [0.717, 1.165) is 0 Å². The van der Waals surface area contributed by atoms with Crippen LogP contribution in [0.15, 0.2) is 11.5 Å². The third-order valence-electron chi connectivity index (χ3n) is 0.481. The van der Waals surface area contributed by atoms with Gasteiger partial charge in [0.2, 0.25) is 0 Å². The van der Waals surface area contributed by atoms with Crippen molar-refractivity contribution in [1.29, 1.82) is 0 Å². The third kappa shape index (κ3) is 4.02. The highest BCUT2D eigenvalue weighted by molar-refractivity contribution is 7.83. The summed E-state index contributed by atoms with van der Waals surface area (Å²) in [5.74, 6) is 0. The highest BCUT2D eigenvalue weighted by atomic mass is 32.2. The first-order valence-electron chi connectivity index (χ1n) is 2.48. The van der Waals surface area contributed by atoms with Gasteiger partial charge in [-0.15, -0.1) is 0 Å². The van der Waals surface area contributed by atoms with Gasteiger partial charge in [0.05, 0.1) is 6.61 Å². The molecule has 1 atom stereocenters. The van der Waals surface area contributed by atoms with E-state index in [2.05, 4.69) is 4.18 Å². The molecule has 0 aromatic carbocycles. The SMILES string of the molecule is C/C=C/S(=O)OCC. The maximum atomic E-state index is 10.4. The molecule has 0 saturated carbocycles. The Kier molecular flexibility index (Phi) is 4.90. The molecule has 0 N–H and O–H groups in total. The Morgan fingerprint density at radius 1 is 1.75 bits per heavy atom. The Morgan fingerprint density at radius 3 is 2.75 bits per heavy atom. The summed E-state index contributed by atoms with van der Waals surface area (Å²) in [5.41, 5.74) is 0. The van der Waals surface area contributed by atoms with Gasteiger partial charge in [0.25, 0.3) is 0 Å². The van der Waals surface area contributed by atoms with Crippen LogP contribution in [-0.4, -0.2) is 10.8 Å². The summed E-state index contributed by atoms with van der Waals surface area (Å²) in [4.78, 5) is 0. The van der Waals surface area contributed by atoms with E-state index >= 15 is 0 Å². The average molecular weight is 134 g/mol. The molecule has 0 spiro atoms. The summed E-state index contributed by atoms with van der Waals surface area (Å²) in [7, 11) is 0. The van der Waals surface area contributed by atoms with E-state index in [1.807, 2.05) is 0 Å². The van der Waals surface area contributed by atoms with Crippen molar-refractivity contribution in [3.8, 4) is 0 Å². The first kappa shape index (κ1) is 7.85. The molecule has 0 fully saturated rings. The zero-order valence-electron chi connectivity index (χ0n) is 5.09. The Balaban J connectivity index is 3.33. The molecule has 0 aliphatic rings. The van der Waals surface area contributed by atoms with Crippen molar-refractivity contribution in [3.05, 3.63) is 11.5 Å². The van der Waals surface area contributed by atoms with Gasteiger partial charge in [0.1, 0.15) is 0 Å². The van der Waals surface area contributed by atoms with Crippen LogP contribution < -0.4 is 0 Å². The maximum Gasteiger partial charge on any atom is 0.181 e. The Bertz CT molecular complexity index is 98.6. The van der Waals surface area contributed by atoms with E-state index in [1.54, 1.807) is 19.9 Å². The Hall–Kier alpha value is -0.150. The molecule has 0 amide bonds. The third-order valence-corrected chi connectivity index (χ3v) is 1.44. The van der Waals surface area contributed by atoms with Crippen LogP contribution in [0, 0.1) is 0 Å². The van der Waals surface area contributed by atoms with Gasteiger partial charge in [0.15, 0.2) is 11.1 Å². The first-order chi connectivity index (χ1) is 3.81. The van der Waals surface area contributed by atoms with Crippen LogP contribution in [0.3, 0.4) is 0 Å². The molecule has 0 aliphatic carbocycles. The van der Waals surface area contributed by atoms with Crippen LogP contribution in [0.25, 0.3) is 0 Å². The van der Waals surface area contributed by atoms with Crippen LogP contribution >= 0.6 is 0 Å². The quantitative estimate of drug-likeness (QED) is 0.580. The van der Waals surface area contributed by atoms with Crippen molar-refractivity contribution in [3.63, 3.8) is 0 Å². The summed E-state index contributed by atoms with van der Waals surface area (Å²) in [6.07, 6.45) is 1.70. The number of hydrogen-bond donors (Lipinski definition) is 0. The second kappa shape index (κ2) is 5.00. The Labute approximate surface area is 52.2 Å². The number of allylic oxidation sites excluding steroid dienone is 1. The topological polar surface area (TPSA) is 26.3 Å². The minimum absolute atomic E-state index is 0.497. The molecule has 0 saturated heterocycles. The van der Waals surface area contributed by atoms with Crippen LogP contribution in [0.5, 0.6) is 0 Å². The molecule has 2 nitrogen and oxygen atoms in total. The molecule has 1 unspecified atom stereocenters. The summed E-state index contributed by atoms with van der Waals surface area (Å²) >= 11 is -1.20. The zero-order chi connectivity index (χ0) is 6.41. The predicted molar refractivity (Wildman–Crippen MR) is 34.6 cm³/mol. The summed E-state index contributed by atoms with van der Waals surface area (Å²) in [5, 5.41) is 1.50. The molecule has 0 rings (SSSR count). The molecule has 0 bridgehead atoms. The van der Waals surface area contributed by atoms with Crippen molar-refractivity contribution in [2.75, 3.05) is 6.61 Å². The lowest BCUT2D eigenvalue weighted by Gasteiger charge is -1.89. The van der Waals surface area contributed by atoms with Gasteiger partial charge in [-0.2, -0.15) is 0 Å². The van der Waals surface area contributed by atoms with Crippen molar-refractivity contribution in [2.45, 2.75) is 13.8 Å². The molecule has 0 aromatic rings. The van der Waals surface area contributed by atoms with Crippen LogP contribution in [0.1, 0.15) is 13.8 Å². The van der Waals surface area contributed by atoms with Crippen molar-refractivity contribution in [1.82, 2.24) is 0 Å². The lowest BCUT2D eigenvalue weighted by molar-refractivity contribution is 0.376. The van der Waals surface area contributed by atoms with E-state index in [0.29, 0.717) is 6.61 Å². The van der Waals surface area contributed by atoms with Crippen molar-refractivity contribution in [2.24, 2.45) is 0 Å². The fourth-order valence-electron chi connectivity index (χ4n) is 0.267. The van der Waals surface area contributed by atoms with Crippen molar-refractivity contribution >= 4 is 11.1 Å². The van der Waals surface area contributed by atoms with Crippen LogP contribution in [-0.2, 0) is 15.3 Å². The summed E-state index contributed by atoms with van der Waals surface area (Å²) in [6, 6.07) is 0. The molecule has 48 valence electrons. The van der Waals surface area contributed by atoms with Crippen LogP contribution in [0.4, 0.5) is 0 Å². The van der Waals surface area contributed by atoms with E-state index in [4.69, 9.17) is 0 Å². The maximum absolute atomic E-state index is 10.4. The average Bonchev–Trinajstić information content (AvgIpc) is 1.68. The standard InChI is InChI=1S/C5H10O2S/c1-3-5-8(6)7-4-2/h3,5H,4H2,1-2H3/b5-3+. The summed E-state index contributed by atoms with van der Waals surface area (Å²) in [6.45, 7) is 4.11. The molecule has 0 heterocycles. The Morgan fingerprint density at radius 2 is 2.38 bits per heavy atom. The van der Waals surface area contributed by atoms with Gasteiger partial charge in [-0.3, -0.25) is 4.18 Å². The van der Waals surface area contributed by atoms with Gasteiger partial charge in [-0.1, -0.05) is 6.08 Å². The lowest BCUT2D eigenvalue weighted by Crippen LogP contribution is -1.90. The molecular formula is C5H10O2S. The summed E-state index contributed by atoms with van der Waals surface area (Å²) < 4.78 is 15.1. The first-order valence-corrected chi connectivity index (χ1v) is 3.61. The smallest absolute Gasteiger partial charge is 0.181 e. The minimum atomic E-state index is -1.20. The fourth-order valence-corrected chi connectivity index (χ4v) is 0.800. The van der Waals surface area contributed by atoms with Crippen LogP contribution in [0.2, 0.25) is 0 Å². The monoisotopic (exact) mass is 134 g/mol. The van der Waals surface area contributed by atoms with Gasteiger partial charge in [-0.05, 0) is 13.8 Å². The lowest BCUT2D eigenvalue weighted by atomic mass is 10.8. The van der Waals surface area contributed by atoms with E-state index in [-0.39, 0.29) is 0 Å². The second-order valence-corrected chi connectivity index (χ2v) is 2.17. The predicted octanol–water partition coefficient (Wildman–Crippen LogP) is 1.22. The molecule has 0 aromatic heterocycles. The van der Waals surface area contributed by atoms with E-state index < -0.39 is 11.1 Å². The largest absolute Gasteiger partial charge is 0.287 e.